The van der Waals surface area contributed by atoms with E-state index < -0.39 is 0 Å². The molecule has 3 heterocycles. The summed E-state index contributed by atoms with van der Waals surface area (Å²) in [4.78, 5) is 32.0. The first-order chi connectivity index (χ1) is 20.4. The van der Waals surface area contributed by atoms with Gasteiger partial charge in [0.15, 0.2) is 17.4 Å². The van der Waals surface area contributed by atoms with E-state index in [1.165, 1.54) is 6.08 Å². The maximum Gasteiger partial charge on any atom is 0.189 e. The van der Waals surface area contributed by atoms with Crippen LogP contribution in [-0.2, 0) is 0 Å². The lowest BCUT2D eigenvalue weighted by molar-refractivity contribution is 0.104. The molecule has 0 bridgehead atoms. The molecule has 2 aliphatic rings. The van der Waals surface area contributed by atoms with Crippen molar-refractivity contribution in [3.05, 3.63) is 141 Å². The van der Waals surface area contributed by atoms with Crippen molar-refractivity contribution in [3.8, 4) is 0 Å². The Balaban J connectivity index is 1.59. The number of anilines is 4. The van der Waals surface area contributed by atoms with Gasteiger partial charge in [-0.2, -0.15) is 0 Å². The molecule has 6 heteroatoms. The third-order valence-corrected chi connectivity index (χ3v) is 7.92. The van der Waals surface area contributed by atoms with E-state index in [4.69, 9.17) is 9.97 Å². The average molecular weight is 548 g/mol. The molecule has 42 heavy (non-hydrogen) atoms. The van der Waals surface area contributed by atoms with Crippen LogP contribution in [0.1, 0.15) is 32.6 Å². The quantitative estimate of drug-likeness (QED) is 0.249. The van der Waals surface area contributed by atoms with Crippen LogP contribution < -0.4 is 20.4 Å². The molecule has 204 valence electrons. The summed E-state index contributed by atoms with van der Waals surface area (Å²) in [5.41, 5.74) is 8.93. The van der Waals surface area contributed by atoms with Crippen molar-refractivity contribution in [1.82, 2.24) is 9.97 Å². The van der Waals surface area contributed by atoms with Gasteiger partial charge in [-0.3, -0.25) is 19.6 Å². The molecule has 0 N–H and O–H groups in total. The number of aromatic nitrogens is 2. The molecule has 0 unspecified atom stereocenters. The molecule has 5 aromatic rings. The van der Waals surface area contributed by atoms with E-state index in [0.717, 1.165) is 67.3 Å². The lowest BCUT2D eigenvalue weighted by Crippen LogP contribution is -2.32. The second-order valence-electron chi connectivity index (χ2n) is 10.8. The van der Waals surface area contributed by atoms with Crippen LogP contribution in [0.3, 0.4) is 0 Å². The van der Waals surface area contributed by atoms with Gasteiger partial charge >= 0.3 is 0 Å². The van der Waals surface area contributed by atoms with E-state index in [1.807, 2.05) is 48.5 Å². The molecule has 6 nitrogen and oxygen atoms in total. The highest BCUT2D eigenvalue weighted by molar-refractivity contribution is 6.05. The van der Waals surface area contributed by atoms with Crippen molar-refractivity contribution in [3.63, 3.8) is 0 Å². The van der Waals surface area contributed by atoms with Gasteiger partial charge in [-0.15, -0.1) is 0 Å². The van der Waals surface area contributed by atoms with Gasteiger partial charge in [0.1, 0.15) is 5.82 Å². The third-order valence-electron chi connectivity index (χ3n) is 7.92. The van der Waals surface area contributed by atoms with Crippen LogP contribution in [-0.4, -0.2) is 15.8 Å². The Morgan fingerprint density at radius 1 is 0.619 bits per heavy atom. The number of rotatable bonds is 3. The maximum absolute atomic E-state index is 12.6. The Morgan fingerprint density at radius 2 is 1.14 bits per heavy atom. The zero-order valence-electron chi connectivity index (χ0n) is 24.0. The van der Waals surface area contributed by atoms with Gasteiger partial charge in [0, 0.05) is 23.1 Å². The molecule has 2 aliphatic heterocycles. The second-order valence-corrected chi connectivity index (χ2v) is 10.8. The molecule has 0 aliphatic carbocycles. The number of fused-ring (bicyclic) bond motifs is 3. The molecule has 1 aromatic heterocycles. The van der Waals surface area contributed by atoms with E-state index in [9.17, 15) is 4.79 Å². The van der Waals surface area contributed by atoms with Gasteiger partial charge in [-0.1, -0.05) is 60.7 Å². The van der Waals surface area contributed by atoms with Crippen molar-refractivity contribution in [2.45, 2.75) is 27.7 Å². The summed E-state index contributed by atoms with van der Waals surface area (Å²) in [6, 6.07) is 26.4. The number of hydrogen-bond acceptors (Lipinski definition) is 6. The van der Waals surface area contributed by atoms with E-state index in [2.05, 4.69) is 85.0 Å². The second kappa shape index (κ2) is 9.93. The number of carbonyl (C=O) groups excluding carboxylic acids is 1. The van der Waals surface area contributed by atoms with E-state index in [1.54, 1.807) is 6.20 Å². The van der Waals surface area contributed by atoms with E-state index >= 15 is 0 Å². The van der Waals surface area contributed by atoms with Crippen LogP contribution in [0.2, 0.25) is 0 Å². The zero-order valence-corrected chi connectivity index (χ0v) is 24.0. The maximum atomic E-state index is 12.6. The van der Waals surface area contributed by atoms with Crippen molar-refractivity contribution in [2.75, 3.05) is 9.80 Å². The van der Waals surface area contributed by atoms with Gasteiger partial charge < -0.3 is 0 Å². The fraction of sp³-hybridized carbons (Fsp3) is 0.111. The smallest absolute Gasteiger partial charge is 0.189 e. The van der Waals surface area contributed by atoms with Gasteiger partial charge in [-0.05, 0) is 80.3 Å². The first kappa shape index (κ1) is 25.6. The summed E-state index contributed by atoms with van der Waals surface area (Å²) < 4.78 is 0. The van der Waals surface area contributed by atoms with Crippen LogP contribution >= 0.6 is 0 Å². The van der Waals surface area contributed by atoms with Crippen molar-refractivity contribution in [2.24, 2.45) is 4.99 Å². The van der Waals surface area contributed by atoms with Crippen LogP contribution in [0, 0.1) is 27.7 Å². The summed E-state index contributed by atoms with van der Waals surface area (Å²) in [5.74, 6) is 2.40. The molecule has 0 saturated heterocycles. The third kappa shape index (κ3) is 4.03. The summed E-state index contributed by atoms with van der Waals surface area (Å²) in [5, 5.41) is 1.54. The predicted octanol–water partition coefficient (Wildman–Crippen LogP) is 6.80. The molecule has 0 atom stereocenters. The van der Waals surface area contributed by atoms with E-state index in [0.29, 0.717) is 10.9 Å². The minimum absolute atomic E-state index is 0.0365. The molecular weight excluding hydrogens is 518 g/mol. The number of hydrogen-bond donors (Lipinski definition) is 0. The number of benzene rings is 4. The van der Waals surface area contributed by atoms with Crippen molar-refractivity contribution < 1.29 is 4.79 Å². The van der Waals surface area contributed by atoms with Crippen LogP contribution in [0.5, 0.6) is 0 Å². The molecule has 7 rings (SSSR count). The molecule has 0 spiro atoms. The predicted molar refractivity (Wildman–Crippen MR) is 169 cm³/mol. The largest absolute Gasteiger partial charge is 0.289 e. The van der Waals surface area contributed by atoms with Crippen LogP contribution in [0.4, 0.5) is 23.0 Å². The Hall–Kier alpha value is -5.36. The lowest BCUT2D eigenvalue weighted by atomic mass is 10.1. The Labute approximate surface area is 244 Å². The summed E-state index contributed by atoms with van der Waals surface area (Å²) >= 11 is 0. The summed E-state index contributed by atoms with van der Waals surface area (Å²) in [6.45, 7) is 8.52. The molecule has 4 aromatic carbocycles. The van der Waals surface area contributed by atoms with Gasteiger partial charge in [0.05, 0.1) is 27.8 Å². The number of carbonyl (C=O) groups is 1. The average Bonchev–Trinajstić information content (AvgIpc) is 3.27. The van der Waals surface area contributed by atoms with Gasteiger partial charge in [-0.25, -0.2) is 9.97 Å². The molecular formula is C36H29N5O. The standard InChI is InChI=1S/C36H29N5O/c1-22-10-7-11-23(2)33(22)40-31(19-18-26-14-9-15-27-30(42)20-21-37-32(26)27)41(34-24(3)12-8-13-25(34)4)36-35(40)38-28-16-5-6-17-29(28)39-36/h5-21H,1-4H3/b26-18-. The molecule has 0 saturated carbocycles. The zero-order chi connectivity index (χ0) is 29.0. The first-order valence-electron chi connectivity index (χ1n) is 14.0. The van der Waals surface area contributed by atoms with Crippen LogP contribution in [0.15, 0.2) is 108 Å². The van der Waals surface area contributed by atoms with Gasteiger partial charge in [0.25, 0.3) is 0 Å². The lowest BCUT2D eigenvalue weighted by Gasteiger charge is -2.28. The van der Waals surface area contributed by atoms with Gasteiger partial charge in [0.2, 0.25) is 0 Å². The monoisotopic (exact) mass is 547 g/mol. The minimum atomic E-state index is -0.0365. The van der Waals surface area contributed by atoms with Crippen LogP contribution in [0.25, 0.3) is 17.1 Å². The number of para-hydroxylation sites is 5. The van der Waals surface area contributed by atoms with Crippen molar-refractivity contribution >= 4 is 45.9 Å². The number of allylic oxidation sites excluding steroid dienone is 2. The molecule has 0 amide bonds. The van der Waals surface area contributed by atoms with E-state index in [-0.39, 0.29) is 5.78 Å². The Kier molecular flexibility index (Phi) is 6.05. The normalized spacial score (nSPS) is 14.3. The SMILES string of the molecule is Cc1cccc(C)c1N1C(=C/C=c2/cccc3c2=NC=CC3=O)N(c2c(C)cccc2C)c2nc3ccccc3nc21. The first-order valence-corrected chi connectivity index (χ1v) is 14.0. The fourth-order valence-corrected chi connectivity index (χ4v) is 5.98. The highest BCUT2D eigenvalue weighted by atomic mass is 16.1. The molecule has 0 fully saturated rings. The molecule has 0 radical (unpaired) electrons. The number of ketones is 1. The Morgan fingerprint density at radius 3 is 1.69 bits per heavy atom. The number of nitrogens with zero attached hydrogens (tertiary/aromatic N) is 5. The van der Waals surface area contributed by atoms with Crippen molar-refractivity contribution in [1.29, 1.82) is 0 Å². The topological polar surface area (TPSA) is 61.7 Å². The fourth-order valence-electron chi connectivity index (χ4n) is 5.98. The Bertz CT molecular complexity index is 1990. The minimum Gasteiger partial charge on any atom is -0.289 e. The highest BCUT2D eigenvalue weighted by Gasteiger charge is 2.38. The highest BCUT2D eigenvalue weighted by Crippen LogP contribution is 2.51. The number of aryl methyl sites for hydroxylation is 4. The summed E-state index contributed by atoms with van der Waals surface area (Å²) in [6.07, 6.45) is 7.22. The summed E-state index contributed by atoms with van der Waals surface area (Å²) in [7, 11) is 0.